The molecule has 0 fully saturated rings. The number of nitrogens with zero attached hydrogens (tertiary/aromatic N) is 1. The van der Waals surface area contributed by atoms with Crippen LogP contribution in [0.4, 0.5) is 0 Å². The minimum atomic E-state index is -0.0369. The number of benzene rings is 1. The molecule has 3 rings (SSSR count). The smallest absolute Gasteiger partial charge is 0.259 e. The molecule has 0 saturated heterocycles. The molecule has 0 spiro atoms. The van der Waals surface area contributed by atoms with Crippen molar-refractivity contribution in [2.45, 2.75) is 30.9 Å². The monoisotopic (exact) mass is 394 g/mol. The average molecular weight is 395 g/mol. The lowest BCUT2D eigenvalue weighted by molar-refractivity contribution is 0.925. The van der Waals surface area contributed by atoms with Gasteiger partial charge in [-0.2, -0.15) is 0 Å². The van der Waals surface area contributed by atoms with E-state index in [-0.39, 0.29) is 10.8 Å². The van der Waals surface area contributed by atoms with Gasteiger partial charge in [-0.25, -0.2) is 4.98 Å². The lowest BCUT2D eigenvalue weighted by atomic mass is 10.2. The van der Waals surface area contributed by atoms with E-state index in [1.807, 2.05) is 26.0 Å². The van der Waals surface area contributed by atoms with Crippen molar-refractivity contribution in [3.63, 3.8) is 0 Å². The van der Waals surface area contributed by atoms with Crippen molar-refractivity contribution >= 4 is 49.2 Å². The number of aromatic amines is 1. The van der Waals surface area contributed by atoms with Crippen molar-refractivity contribution in [1.82, 2.24) is 9.97 Å². The molecule has 2 aromatic heterocycles. The van der Waals surface area contributed by atoms with Crippen LogP contribution in [0.25, 0.3) is 10.2 Å². The molecule has 6 heteroatoms. The van der Waals surface area contributed by atoms with Gasteiger partial charge in [0.1, 0.15) is 10.7 Å². The van der Waals surface area contributed by atoms with E-state index in [0.717, 1.165) is 35.8 Å². The quantitative estimate of drug-likeness (QED) is 0.619. The van der Waals surface area contributed by atoms with Gasteiger partial charge >= 0.3 is 0 Å². The number of thioether (sulfide) groups is 1. The van der Waals surface area contributed by atoms with Gasteiger partial charge in [0.25, 0.3) is 5.56 Å². The standard InChI is InChI=1S/C16H15BrN2OS2/c1-8-9(2)22-16-13(8)15(20)18-14(19-16)10(3)21-12-6-4-11(17)5-7-12/h4-7,10H,1-3H3,(H,18,19,20). The van der Waals surface area contributed by atoms with Gasteiger partial charge in [0.05, 0.1) is 10.6 Å². The van der Waals surface area contributed by atoms with Crippen molar-refractivity contribution in [3.05, 3.63) is 55.4 Å². The number of H-pyrrole nitrogens is 1. The van der Waals surface area contributed by atoms with E-state index in [1.165, 1.54) is 0 Å². The molecule has 114 valence electrons. The van der Waals surface area contributed by atoms with Crippen LogP contribution in [0.15, 0.2) is 38.4 Å². The van der Waals surface area contributed by atoms with Gasteiger partial charge in [0, 0.05) is 14.2 Å². The first-order chi connectivity index (χ1) is 10.5. The molecule has 0 bridgehead atoms. The van der Waals surface area contributed by atoms with E-state index in [2.05, 4.69) is 45.0 Å². The van der Waals surface area contributed by atoms with E-state index in [1.54, 1.807) is 23.1 Å². The number of hydrogen-bond donors (Lipinski definition) is 1. The van der Waals surface area contributed by atoms with Gasteiger partial charge in [-0.15, -0.1) is 23.1 Å². The topological polar surface area (TPSA) is 45.8 Å². The zero-order valence-electron chi connectivity index (χ0n) is 12.4. The Morgan fingerprint density at radius 1 is 1.27 bits per heavy atom. The van der Waals surface area contributed by atoms with Crippen LogP contribution in [-0.4, -0.2) is 9.97 Å². The predicted molar refractivity (Wildman–Crippen MR) is 98.1 cm³/mol. The Morgan fingerprint density at radius 3 is 2.64 bits per heavy atom. The maximum atomic E-state index is 12.3. The van der Waals surface area contributed by atoms with Gasteiger partial charge in [-0.1, -0.05) is 15.9 Å². The number of aryl methyl sites for hydroxylation is 2. The zero-order chi connectivity index (χ0) is 15.9. The summed E-state index contributed by atoms with van der Waals surface area (Å²) in [6.45, 7) is 6.07. The molecule has 1 atom stereocenters. The molecule has 0 aliphatic rings. The number of fused-ring (bicyclic) bond motifs is 1. The predicted octanol–water partition coefficient (Wildman–Crippen LogP) is 5.22. The van der Waals surface area contributed by atoms with Crippen molar-refractivity contribution in [2.24, 2.45) is 0 Å². The molecule has 0 aliphatic carbocycles. The molecule has 3 aromatic rings. The molecular weight excluding hydrogens is 380 g/mol. The lowest BCUT2D eigenvalue weighted by Crippen LogP contribution is -2.12. The Morgan fingerprint density at radius 2 is 1.95 bits per heavy atom. The Bertz CT molecular complexity index is 884. The van der Waals surface area contributed by atoms with Gasteiger partial charge in [-0.05, 0) is 50.6 Å². The van der Waals surface area contributed by atoms with Crippen molar-refractivity contribution in [3.8, 4) is 0 Å². The minimum Gasteiger partial charge on any atom is -0.309 e. The van der Waals surface area contributed by atoms with Crippen LogP contribution in [0.3, 0.4) is 0 Å². The van der Waals surface area contributed by atoms with Crippen LogP contribution in [0.2, 0.25) is 0 Å². The molecular formula is C16H15BrN2OS2. The number of thiophene rings is 1. The Kier molecular flexibility index (Phi) is 4.43. The first kappa shape index (κ1) is 15.8. The summed E-state index contributed by atoms with van der Waals surface area (Å²) in [5, 5.41) is 0.813. The van der Waals surface area contributed by atoms with Crippen molar-refractivity contribution < 1.29 is 0 Å². The summed E-state index contributed by atoms with van der Waals surface area (Å²) < 4.78 is 1.06. The summed E-state index contributed by atoms with van der Waals surface area (Å²) in [5.41, 5.74) is 0.999. The molecule has 1 N–H and O–H groups in total. The second-order valence-corrected chi connectivity index (χ2v) is 8.66. The third-order valence-corrected chi connectivity index (χ3v) is 6.32. The van der Waals surface area contributed by atoms with Gasteiger partial charge in [-0.3, -0.25) is 4.79 Å². The fourth-order valence-electron chi connectivity index (χ4n) is 2.24. The SMILES string of the molecule is Cc1sc2nc(C(C)Sc3ccc(Br)cc3)[nH]c(=O)c2c1C. The number of nitrogens with one attached hydrogen (secondary N) is 1. The number of halogens is 1. The first-order valence-corrected chi connectivity index (χ1v) is 9.36. The molecule has 1 aromatic carbocycles. The molecule has 0 radical (unpaired) electrons. The van der Waals surface area contributed by atoms with Crippen LogP contribution in [0, 0.1) is 13.8 Å². The van der Waals surface area contributed by atoms with Gasteiger partial charge < -0.3 is 4.98 Å². The van der Waals surface area contributed by atoms with Crippen molar-refractivity contribution in [2.75, 3.05) is 0 Å². The summed E-state index contributed by atoms with van der Waals surface area (Å²) >= 11 is 6.71. The van der Waals surface area contributed by atoms with Crippen LogP contribution in [0.5, 0.6) is 0 Å². The lowest BCUT2D eigenvalue weighted by Gasteiger charge is -2.10. The number of hydrogen-bond acceptors (Lipinski definition) is 4. The van der Waals surface area contributed by atoms with E-state index < -0.39 is 0 Å². The summed E-state index contributed by atoms with van der Waals surface area (Å²) in [7, 11) is 0. The Balaban J connectivity index is 1.95. The summed E-state index contributed by atoms with van der Waals surface area (Å²) in [6.07, 6.45) is 0. The average Bonchev–Trinajstić information content (AvgIpc) is 2.77. The molecule has 0 saturated carbocycles. The molecule has 3 nitrogen and oxygen atoms in total. The highest BCUT2D eigenvalue weighted by Crippen LogP contribution is 2.34. The van der Waals surface area contributed by atoms with Crippen molar-refractivity contribution in [1.29, 1.82) is 0 Å². The van der Waals surface area contributed by atoms with Crippen LogP contribution >= 0.6 is 39.0 Å². The van der Waals surface area contributed by atoms with Gasteiger partial charge in [0.2, 0.25) is 0 Å². The molecule has 22 heavy (non-hydrogen) atoms. The highest BCUT2D eigenvalue weighted by Gasteiger charge is 2.16. The van der Waals surface area contributed by atoms with Gasteiger partial charge in [0.15, 0.2) is 0 Å². The minimum absolute atomic E-state index is 0.0369. The first-order valence-electron chi connectivity index (χ1n) is 6.88. The fraction of sp³-hybridized carbons (Fsp3) is 0.250. The third kappa shape index (κ3) is 3.00. The Labute approximate surface area is 145 Å². The maximum absolute atomic E-state index is 12.3. The maximum Gasteiger partial charge on any atom is 0.259 e. The molecule has 1 unspecified atom stereocenters. The molecule has 2 heterocycles. The normalized spacial score (nSPS) is 12.7. The highest BCUT2D eigenvalue weighted by molar-refractivity contribution is 9.10. The molecule has 0 aliphatic heterocycles. The highest BCUT2D eigenvalue weighted by atomic mass is 79.9. The second-order valence-electron chi connectivity index (χ2n) is 5.13. The zero-order valence-corrected chi connectivity index (χ0v) is 15.7. The van der Waals surface area contributed by atoms with Crippen LogP contribution < -0.4 is 5.56 Å². The summed E-state index contributed by atoms with van der Waals surface area (Å²) in [4.78, 5) is 23.1. The fourth-order valence-corrected chi connectivity index (χ4v) is 4.46. The third-order valence-electron chi connectivity index (χ3n) is 3.57. The van der Waals surface area contributed by atoms with Crippen LogP contribution in [0.1, 0.15) is 28.4 Å². The number of aromatic nitrogens is 2. The van der Waals surface area contributed by atoms with Crippen LogP contribution in [-0.2, 0) is 0 Å². The second kappa shape index (κ2) is 6.18. The summed E-state index contributed by atoms with van der Waals surface area (Å²) in [6, 6.07) is 8.14. The Hall–Kier alpha value is -1.11. The summed E-state index contributed by atoms with van der Waals surface area (Å²) in [5.74, 6) is 0.728. The van der Waals surface area contributed by atoms with E-state index in [4.69, 9.17) is 0 Å². The largest absolute Gasteiger partial charge is 0.309 e. The molecule has 0 amide bonds. The van der Waals surface area contributed by atoms with E-state index in [0.29, 0.717) is 0 Å². The van der Waals surface area contributed by atoms with E-state index in [9.17, 15) is 4.79 Å². The van der Waals surface area contributed by atoms with E-state index >= 15 is 0 Å². The number of rotatable bonds is 3.